The summed E-state index contributed by atoms with van der Waals surface area (Å²) in [4.78, 5) is 22.9. The third kappa shape index (κ3) is 6.05. The molecule has 3 rings (SSSR count). The van der Waals surface area contributed by atoms with Crippen molar-refractivity contribution in [3.63, 3.8) is 0 Å². The van der Waals surface area contributed by atoms with Gasteiger partial charge in [-0.25, -0.2) is 9.97 Å². The third-order valence-corrected chi connectivity index (χ3v) is 4.05. The van der Waals surface area contributed by atoms with Crippen LogP contribution in [0.25, 0.3) is 0 Å². The normalized spacial score (nSPS) is 23.6. The maximum Gasteiger partial charge on any atom is 0.225 e. The summed E-state index contributed by atoms with van der Waals surface area (Å²) >= 11 is 0. The van der Waals surface area contributed by atoms with E-state index in [-0.39, 0.29) is 42.8 Å². The number of aromatic nitrogens is 2. The first-order chi connectivity index (χ1) is 10.8. The predicted molar refractivity (Wildman–Crippen MR) is 97.1 cm³/mol. The van der Waals surface area contributed by atoms with E-state index in [1.54, 1.807) is 12.4 Å². The van der Waals surface area contributed by atoms with Gasteiger partial charge in [-0.1, -0.05) is 0 Å². The van der Waals surface area contributed by atoms with Gasteiger partial charge >= 0.3 is 0 Å². The van der Waals surface area contributed by atoms with Gasteiger partial charge in [0.25, 0.3) is 0 Å². The zero-order chi connectivity index (χ0) is 15.2. The fourth-order valence-corrected chi connectivity index (χ4v) is 2.99. The number of nitrogens with zero attached hydrogens (tertiary/aromatic N) is 3. The van der Waals surface area contributed by atoms with Crippen LogP contribution in [0.15, 0.2) is 18.5 Å². The molecule has 3 heterocycles. The summed E-state index contributed by atoms with van der Waals surface area (Å²) in [6.07, 6.45) is 6.01. The zero-order valence-electron chi connectivity index (χ0n) is 13.5. The van der Waals surface area contributed by atoms with Crippen LogP contribution in [0.2, 0.25) is 0 Å². The lowest BCUT2D eigenvalue weighted by Gasteiger charge is -2.33. The van der Waals surface area contributed by atoms with Crippen LogP contribution in [0.5, 0.6) is 0 Å². The standard InChI is InChI=1S/C15H23N5O2.2ClH/c21-14(9-13-11-22-8-6-16-13)19-12-3-1-7-20(10-12)15-17-4-2-5-18-15;;/h2,4-5,12-13,16H,1,3,6-11H2,(H,19,21);2*1H. The Labute approximate surface area is 154 Å². The van der Waals surface area contributed by atoms with Gasteiger partial charge < -0.3 is 20.3 Å². The van der Waals surface area contributed by atoms with Crippen molar-refractivity contribution in [2.24, 2.45) is 0 Å². The molecule has 0 bridgehead atoms. The number of nitrogens with one attached hydrogen (secondary N) is 2. The van der Waals surface area contributed by atoms with Crippen molar-refractivity contribution >= 4 is 36.7 Å². The fraction of sp³-hybridized carbons (Fsp3) is 0.667. The van der Waals surface area contributed by atoms with Crippen LogP contribution in [0, 0.1) is 0 Å². The Morgan fingerprint density at radius 2 is 2.17 bits per heavy atom. The van der Waals surface area contributed by atoms with Gasteiger partial charge in [0, 0.05) is 50.5 Å². The van der Waals surface area contributed by atoms with Crippen LogP contribution < -0.4 is 15.5 Å². The van der Waals surface area contributed by atoms with Gasteiger partial charge in [-0.3, -0.25) is 4.79 Å². The minimum Gasteiger partial charge on any atom is -0.378 e. The summed E-state index contributed by atoms with van der Waals surface area (Å²) in [5, 5.41) is 6.44. The van der Waals surface area contributed by atoms with Crippen molar-refractivity contribution in [2.75, 3.05) is 37.7 Å². The van der Waals surface area contributed by atoms with E-state index in [9.17, 15) is 4.79 Å². The van der Waals surface area contributed by atoms with Gasteiger partial charge in [0.2, 0.25) is 11.9 Å². The molecular weight excluding hydrogens is 353 g/mol. The molecule has 2 atom stereocenters. The number of carbonyl (C=O) groups excluding carboxylic acids is 1. The number of amides is 1. The first-order valence-corrected chi connectivity index (χ1v) is 7.94. The number of hydrogen-bond acceptors (Lipinski definition) is 6. The highest BCUT2D eigenvalue weighted by atomic mass is 35.5. The second-order valence-corrected chi connectivity index (χ2v) is 5.83. The molecular formula is C15H25Cl2N5O2. The molecule has 2 N–H and O–H groups in total. The number of carbonyl (C=O) groups is 1. The number of ether oxygens (including phenoxy) is 1. The lowest BCUT2D eigenvalue weighted by Crippen LogP contribution is -2.50. The molecule has 1 amide bonds. The first kappa shape index (κ1) is 20.9. The van der Waals surface area contributed by atoms with Crippen LogP contribution >= 0.6 is 24.8 Å². The number of piperidine rings is 1. The van der Waals surface area contributed by atoms with Crippen LogP contribution in [0.4, 0.5) is 5.95 Å². The molecule has 2 aliphatic heterocycles. The third-order valence-electron chi connectivity index (χ3n) is 4.05. The van der Waals surface area contributed by atoms with E-state index >= 15 is 0 Å². The van der Waals surface area contributed by atoms with E-state index in [0.717, 1.165) is 45.0 Å². The fourth-order valence-electron chi connectivity index (χ4n) is 2.99. The maximum absolute atomic E-state index is 12.2. The van der Waals surface area contributed by atoms with Gasteiger partial charge in [-0.05, 0) is 18.9 Å². The highest BCUT2D eigenvalue weighted by Gasteiger charge is 2.24. The van der Waals surface area contributed by atoms with E-state index in [2.05, 4.69) is 25.5 Å². The molecule has 2 aliphatic rings. The molecule has 24 heavy (non-hydrogen) atoms. The highest BCUT2D eigenvalue weighted by molar-refractivity contribution is 5.85. The number of morpholine rings is 1. The summed E-state index contributed by atoms with van der Waals surface area (Å²) in [5.74, 6) is 0.827. The van der Waals surface area contributed by atoms with E-state index in [4.69, 9.17) is 4.74 Å². The average Bonchev–Trinajstić information content (AvgIpc) is 2.57. The van der Waals surface area contributed by atoms with Crippen molar-refractivity contribution in [1.29, 1.82) is 0 Å². The molecule has 7 nitrogen and oxygen atoms in total. The van der Waals surface area contributed by atoms with Gasteiger partial charge in [0.1, 0.15) is 0 Å². The Morgan fingerprint density at radius 3 is 2.88 bits per heavy atom. The van der Waals surface area contributed by atoms with Crippen molar-refractivity contribution in [1.82, 2.24) is 20.6 Å². The Hall–Kier alpha value is -1.15. The summed E-state index contributed by atoms with van der Waals surface area (Å²) in [7, 11) is 0. The van der Waals surface area contributed by atoms with Crippen molar-refractivity contribution < 1.29 is 9.53 Å². The highest BCUT2D eigenvalue weighted by Crippen LogP contribution is 2.15. The monoisotopic (exact) mass is 377 g/mol. The number of anilines is 1. The SMILES string of the molecule is Cl.Cl.O=C(CC1COCCN1)NC1CCCN(c2ncccn2)C1. The van der Waals surface area contributed by atoms with Crippen LogP contribution in [-0.2, 0) is 9.53 Å². The topological polar surface area (TPSA) is 79.4 Å². The van der Waals surface area contributed by atoms with Crippen LogP contribution in [-0.4, -0.2) is 60.8 Å². The van der Waals surface area contributed by atoms with Crippen LogP contribution in [0.1, 0.15) is 19.3 Å². The van der Waals surface area contributed by atoms with E-state index in [1.807, 2.05) is 6.07 Å². The molecule has 0 aliphatic carbocycles. The largest absolute Gasteiger partial charge is 0.378 e. The lowest BCUT2D eigenvalue weighted by molar-refractivity contribution is -0.123. The smallest absolute Gasteiger partial charge is 0.225 e. The van der Waals surface area contributed by atoms with Gasteiger partial charge in [0.05, 0.1) is 13.2 Å². The molecule has 9 heteroatoms. The Bertz CT molecular complexity index is 488. The quantitative estimate of drug-likeness (QED) is 0.807. The number of halogens is 2. The van der Waals surface area contributed by atoms with E-state index in [1.165, 1.54) is 0 Å². The lowest BCUT2D eigenvalue weighted by atomic mass is 10.1. The first-order valence-electron chi connectivity index (χ1n) is 7.94. The maximum atomic E-state index is 12.2. The molecule has 2 unspecified atom stereocenters. The average molecular weight is 378 g/mol. The van der Waals surface area contributed by atoms with Crippen LogP contribution in [0.3, 0.4) is 0 Å². The molecule has 136 valence electrons. The summed E-state index contributed by atoms with van der Waals surface area (Å²) in [6, 6.07) is 2.10. The van der Waals surface area contributed by atoms with Gasteiger partial charge in [-0.2, -0.15) is 0 Å². The van der Waals surface area contributed by atoms with Gasteiger partial charge in [0.15, 0.2) is 0 Å². The van der Waals surface area contributed by atoms with E-state index < -0.39 is 0 Å². The molecule has 0 aromatic carbocycles. The number of hydrogen-bond donors (Lipinski definition) is 2. The second-order valence-electron chi connectivity index (χ2n) is 5.83. The zero-order valence-corrected chi connectivity index (χ0v) is 15.2. The summed E-state index contributed by atoms with van der Waals surface area (Å²) in [5.41, 5.74) is 0. The minimum absolute atomic E-state index is 0. The second kappa shape index (κ2) is 10.7. The predicted octanol–water partition coefficient (Wildman–Crippen LogP) is 0.784. The van der Waals surface area contributed by atoms with E-state index in [0.29, 0.717) is 13.0 Å². The minimum atomic E-state index is 0. The Kier molecular flexibility index (Phi) is 9.28. The van der Waals surface area contributed by atoms with Gasteiger partial charge in [-0.15, -0.1) is 24.8 Å². The van der Waals surface area contributed by atoms with Crippen molar-refractivity contribution in [2.45, 2.75) is 31.3 Å². The molecule has 2 fully saturated rings. The molecule has 1 aromatic rings. The molecule has 0 spiro atoms. The molecule has 1 aromatic heterocycles. The number of rotatable bonds is 4. The Balaban J connectivity index is 0.00000144. The molecule has 0 saturated carbocycles. The summed E-state index contributed by atoms with van der Waals surface area (Å²) < 4.78 is 5.38. The summed E-state index contributed by atoms with van der Waals surface area (Å²) in [6.45, 7) is 3.87. The Morgan fingerprint density at radius 1 is 1.38 bits per heavy atom. The molecule has 0 radical (unpaired) electrons. The molecule has 2 saturated heterocycles. The van der Waals surface area contributed by atoms with Crippen molar-refractivity contribution in [3.05, 3.63) is 18.5 Å². The van der Waals surface area contributed by atoms with Crippen molar-refractivity contribution in [3.8, 4) is 0 Å².